The monoisotopic (exact) mass is 646 g/mol. The molecule has 0 unspecified atom stereocenters. The molecular formula is C23H27ClF2IKN4O3. The third kappa shape index (κ3) is 9.93. The van der Waals surface area contributed by atoms with Crippen molar-refractivity contribution in [1.82, 2.24) is 4.90 Å². The molecular weight excluding hydrogens is 620 g/mol. The summed E-state index contributed by atoms with van der Waals surface area (Å²) in [4.78, 5) is 28.3. The fraction of sp³-hybridized carbons (Fsp3) is 0.391. The Labute approximate surface area is 268 Å². The molecule has 2 N–H and O–H groups in total. The van der Waals surface area contributed by atoms with Crippen molar-refractivity contribution in [2.45, 2.75) is 26.4 Å². The van der Waals surface area contributed by atoms with Gasteiger partial charge in [0, 0.05) is 43.6 Å². The molecule has 1 aliphatic rings. The fourth-order valence-corrected chi connectivity index (χ4v) is 3.43. The summed E-state index contributed by atoms with van der Waals surface area (Å²) in [7, 11) is 0. The van der Waals surface area contributed by atoms with Crippen LogP contribution in [0.2, 0.25) is 5.02 Å². The van der Waals surface area contributed by atoms with Gasteiger partial charge in [-0.1, -0.05) is 11.6 Å². The molecule has 0 aliphatic carbocycles. The van der Waals surface area contributed by atoms with Crippen LogP contribution in [0.1, 0.15) is 20.8 Å². The van der Waals surface area contributed by atoms with Crippen LogP contribution in [-0.2, 0) is 9.53 Å². The molecule has 0 radical (unpaired) electrons. The standard InChI is InChI=1S/C23H27ClF2N4O3.HI.K/c1-23(2,3)33-22(32)30-10-8-29(9-11-30)16-5-6-17(24)20(13-16)28-21(31)14-27-15-4-7-18(25)19(26)12-15;;/h4-7,12-13,27H,8-11,14H2,1-3H3,(H,28,31);1H;/q;;+1/p-1. The first-order valence-electron chi connectivity index (χ1n) is 10.5. The van der Waals surface area contributed by atoms with Gasteiger partial charge in [-0.05, 0) is 51.1 Å². The van der Waals surface area contributed by atoms with Crippen molar-refractivity contribution in [2.75, 3.05) is 48.3 Å². The molecule has 35 heavy (non-hydrogen) atoms. The normalized spacial score (nSPS) is 13.3. The molecule has 0 spiro atoms. The second-order valence-electron chi connectivity index (χ2n) is 8.65. The Morgan fingerprint density at radius 1 is 1.03 bits per heavy atom. The summed E-state index contributed by atoms with van der Waals surface area (Å²) in [5, 5.41) is 5.83. The number of carbonyl (C=O) groups excluding carboxylic acids is 2. The average Bonchev–Trinajstić information content (AvgIpc) is 2.75. The van der Waals surface area contributed by atoms with Crippen LogP contribution in [0.3, 0.4) is 0 Å². The molecule has 0 aromatic heterocycles. The number of amides is 2. The minimum Gasteiger partial charge on any atom is -1.00 e. The summed E-state index contributed by atoms with van der Waals surface area (Å²) >= 11 is 6.25. The van der Waals surface area contributed by atoms with Gasteiger partial charge >= 0.3 is 57.5 Å². The van der Waals surface area contributed by atoms with Gasteiger partial charge in [0.15, 0.2) is 11.6 Å². The third-order valence-corrected chi connectivity index (χ3v) is 5.22. The Bertz CT molecular complexity index is 1030. The van der Waals surface area contributed by atoms with Gasteiger partial charge in [-0.2, -0.15) is 0 Å². The minimum atomic E-state index is -0.997. The predicted molar refractivity (Wildman–Crippen MR) is 125 cm³/mol. The van der Waals surface area contributed by atoms with Crippen molar-refractivity contribution in [3.8, 4) is 0 Å². The number of ether oxygens (including phenoxy) is 1. The van der Waals surface area contributed by atoms with Crippen LogP contribution < -0.4 is 90.9 Å². The second-order valence-corrected chi connectivity index (χ2v) is 9.06. The topological polar surface area (TPSA) is 73.9 Å². The Morgan fingerprint density at radius 2 is 1.69 bits per heavy atom. The zero-order chi connectivity index (χ0) is 24.2. The second kappa shape index (κ2) is 14.3. The van der Waals surface area contributed by atoms with Gasteiger partial charge < -0.3 is 49.1 Å². The van der Waals surface area contributed by atoms with Crippen molar-refractivity contribution in [2.24, 2.45) is 0 Å². The van der Waals surface area contributed by atoms with E-state index in [-0.39, 0.29) is 93.7 Å². The molecule has 7 nitrogen and oxygen atoms in total. The van der Waals surface area contributed by atoms with Crippen LogP contribution in [0.25, 0.3) is 0 Å². The largest absolute Gasteiger partial charge is 1.00 e. The van der Waals surface area contributed by atoms with Gasteiger partial charge in [0.25, 0.3) is 0 Å². The van der Waals surface area contributed by atoms with E-state index >= 15 is 0 Å². The SMILES string of the molecule is CC(C)(C)OC(=O)N1CCN(c2ccc(Cl)c(NC(=O)CNc3ccc(F)c(F)c3)c2)CC1.[I-].[K+]. The van der Waals surface area contributed by atoms with Crippen LogP contribution in [0, 0.1) is 11.6 Å². The molecule has 0 bridgehead atoms. The van der Waals surface area contributed by atoms with E-state index in [1.807, 2.05) is 26.8 Å². The van der Waals surface area contributed by atoms with Crippen molar-refractivity contribution >= 4 is 40.7 Å². The van der Waals surface area contributed by atoms with E-state index in [9.17, 15) is 18.4 Å². The number of hydrogen-bond acceptors (Lipinski definition) is 5. The molecule has 2 aromatic rings. The molecule has 1 saturated heterocycles. The summed E-state index contributed by atoms with van der Waals surface area (Å²) in [6, 6.07) is 8.61. The van der Waals surface area contributed by atoms with Crippen molar-refractivity contribution < 1.29 is 98.5 Å². The van der Waals surface area contributed by atoms with Crippen molar-refractivity contribution in [3.63, 3.8) is 0 Å². The Balaban J connectivity index is 0.00000306. The smallest absolute Gasteiger partial charge is 1.00 e. The van der Waals surface area contributed by atoms with E-state index in [2.05, 4.69) is 15.5 Å². The quantitative estimate of drug-likeness (QED) is 0.314. The summed E-state index contributed by atoms with van der Waals surface area (Å²) in [6.45, 7) is 7.57. The number of anilines is 3. The molecule has 3 rings (SSSR count). The van der Waals surface area contributed by atoms with Crippen LogP contribution in [0.4, 0.5) is 30.6 Å². The number of nitrogens with one attached hydrogen (secondary N) is 2. The first kappa shape index (κ1) is 32.3. The molecule has 1 fully saturated rings. The van der Waals surface area contributed by atoms with Gasteiger partial charge in [0.2, 0.25) is 5.91 Å². The first-order chi connectivity index (χ1) is 15.5. The van der Waals surface area contributed by atoms with Crippen molar-refractivity contribution in [3.05, 3.63) is 53.1 Å². The van der Waals surface area contributed by atoms with E-state index in [1.165, 1.54) is 6.07 Å². The van der Waals surface area contributed by atoms with E-state index in [0.717, 1.165) is 17.8 Å². The van der Waals surface area contributed by atoms with E-state index in [4.69, 9.17) is 16.3 Å². The van der Waals surface area contributed by atoms with Crippen LogP contribution in [0.15, 0.2) is 36.4 Å². The number of nitrogens with zero attached hydrogens (tertiary/aromatic N) is 2. The van der Waals surface area contributed by atoms with Gasteiger partial charge in [0.05, 0.1) is 17.3 Å². The first-order valence-corrected chi connectivity index (χ1v) is 10.9. The van der Waals surface area contributed by atoms with E-state index < -0.39 is 23.1 Å². The predicted octanol–water partition coefficient (Wildman–Crippen LogP) is -1.27. The number of benzene rings is 2. The molecule has 2 amide bonds. The summed E-state index contributed by atoms with van der Waals surface area (Å²) in [5.74, 6) is -2.35. The zero-order valence-corrected chi connectivity index (χ0v) is 26.2. The Kier molecular flexibility index (Phi) is 13.2. The van der Waals surface area contributed by atoms with E-state index in [0.29, 0.717) is 36.9 Å². The number of halogens is 4. The maximum Gasteiger partial charge on any atom is 1.00 e. The van der Waals surface area contributed by atoms with Gasteiger partial charge in [-0.15, -0.1) is 0 Å². The maximum absolute atomic E-state index is 13.3. The summed E-state index contributed by atoms with van der Waals surface area (Å²) in [6.07, 6.45) is -0.334. The van der Waals surface area contributed by atoms with Crippen LogP contribution >= 0.6 is 11.6 Å². The number of hydrogen-bond donors (Lipinski definition) is 2. The van der Waals surface area contributed by atoms with Gasteiger partial charge in [0.1, 0.15) is 5.60 Å². The summed E-state index contributed by atoms with van der Waals surface area (Å²) in [5.41, 5.74) is 1.02. The Morgan fingerprint density at radius 3 is 2.29 bits per heavy atom. The molecule has 0 atom stereocenters. The minimum absolute atomic E-state index is 0. The number of carbonyl (C=O) groups is 2. The molecule has 12 heteroatoms. The molecule has 1 heterocycles. The molecule has 2 aromatic carbocycles. The van der Waals surface area contributed by atoms with Crippen LogP contribution in [0.5, 0.6) is 0 Å². The number of rotatable bonds is 5. The van der Waals surface area contributed by atoms with Gasteiger partial charge in [-0.3, -0.25) is 4.79 Å². The molecule has 1 aliphatic heterocycles. The average molecular weight is 647 g/mol. The van der Waals surface area contributed by atoms with Crippen LogP contribution in [-0.4, -0.2) is 55.2 Å². The third-order valence-electron chi connectivity index (χ3n) is 4.89. The fourth-order valence-electron chi connectivity index (χ4n) is 3.26. The zero-order valence-electron chi connectivity index (χ0n) is 20.1. The molecule has 0 saturated carbocycles. The van der Waals surface area contributed by atoms with Crippen molar-refractivity contribution in [1.29, 1.82) is 0 Å². The number of piperazine rings is 1. The van der Waals surface area contributed by atoms with Gasteiger partial charge in [-0.25, -0.2) is 13.6 Å². The summed E-state index contributed by atoms with van der Waals surface area (Å²) < 4.78 is 31.7. The van der Waals surface area contributed by atoms with E-state index in [1.54, 1.807) is 17.0 Å². The maximum atomic E-state index is 13.3. The molecule has 186 valence electrons. The Hall–Kier alpha value is -0.704.